The molecule has 1 aromatic carbocycles. The highest BCUT2D eigenvalue weighted by Gasteiger charge is 2.22. The van der Waals surface area contributed by atoms with Gasteiger partial charge in [-0.05, 0) is 24.3 Å². The molecular weight excluding hydrogens is 236 g/mol. The van der Waals surface area contributed by atoms with Crippen molar-refractivity contribution < 1.29 is 0 Å². The summed E-state index contributed by atoms with van der Waals surface area (Å²) in [5.41, 5.74) is 1.44. The van der Waals surface area contributed by atoms with Gasteiger partial charge in [0.25, 0.3) is 0 Å². The average Bonchev–Trinajstić information content (AvgIpc) is 2.30. The number of hydrogen-bond donors (Lipinski definition) is 0. The fourth-order valence-electron chi connectivity index (χ4n) is 2.34. The molecule has 1 atom stereocenters. The second-order valence-corrected chi connectivity index (χ2v) is 5.20. The fraction of sp³-hybridized carbons (Fsp3) is 0.538. The monoisotopic (exact) mass is 252 g/mol. The summed E-state index contributed by atoms with van der Waals surface area (Å²) in [6, 6.07) is 10.8. The zero-order valence-electron chi connectivity index (χ0n) is 8.45. The highest BCUT2D eigenvalue weighted by Crippen LogP contribution is 2.39. The van der Waals surface area contributed by atoms with Gasteiger partial charge in [-0.2, -0.15) is 0 Å². The zero-order valence-corrected chi connectivity index (χ0v) is 10.0. The fourth-order valence-corrected chi connectivity index (χ4v) is 3.17. The molecule has 0 bridgehead atoms. The zero-order chi connectivity index (χ0) is 9.80. The molecule has 0 unspecified atom stereocenters. The molecule has 0 spiro atoms. The minimum absolute atomic E-state index is 0.573. The quantitative estimate of drug-likeness (QED) is 0.670. The van der Waals surface area contributed by atoms with Gasteiger partial charge >= 0.3 is 0 Å². The molecule has 0 saturated heterocycles. The molecule has 0 aromatic heterocycles. The lowest BCUT2D eigenvalue weighted by Crippen LogP contribution is -2.11. The highest BCUT2D eigenvalue weighted by atomic mass is 79.9. The Morgan fingerprint density at radius 1 is 1.00 bits per heavy atom. The van der Waals surface area contributed by atoms with Crippen LogP contribution in [0.2, 0.25) is 0 Å². The largest absolute Gasteiger partial charge is 0.0836 e. The third kappa shape index (κ3) is 2.38. The Bertz CT molecular complexity index is 262. The van der Waals surface area contributed by atoms with E-state index in [-0.39, 0.29) is 0 Å². The second-order valence-electron chi connectivity index (χ2n) is 4.21. The van der Waals surface area contributed by atoms with Gasteiger partial charge in [0.1, 0.15) is 0 Å². The molecule has 0 amide bonds. The first-order valence-electron chi connectivity index (χ1n) is 5.57. The maximum Gasteiger partial charge on any atom is 0.0423 e. The van der Waals surface area contributed by atoms with Crippen LogP contribution in [0.4, 0.5) is 0 Å². The molecule has 1 aromatic rings. The molecule has 1 aliphatic carbocycles. The summed E-state index contributed by atoms with van der Waals surface area (Å²) in [5, 5.41) is 0. The molecule has 1 fully saturated rings. The molecule has 1 heteroatoms. The van der Waals surface area contributed by atoms with Gasteiger partial charge in [-0.1, -0.05) is 65.5 Å². The third-order valence-electron chi connectivity index (χ3n) is 3.18. The van der Waals surface area contributed by atoms with Gasteiger partial charge in [0, 0.05) is 4.83 Å². The lowest BCUT2D eigenvalue weighted by atomic mass is 9.85. The summed E-state index contributed by atoms with van der Waals surface area (Å²) >= 11 is 3.85. The Morgan fingerprint density at radius 3 is 2.29 bits per heavy atom. The Kier molecular flexibility index (Phi) is 3.63. The van der Waals surface area contributed by atoms with Crippen molar-refractivity contribution in [2.45, 2.75) is 36.9 Å². The summed E-state index contributed by atoms with van der Waals surface area (Å²) in [6.45, 7) is 0. The van der Waals surface area contributed by atoms with Crippen molar-refractivity contribution in [3.8, 4) is 0 Å². The summed E-state index contributed by atoms with van der Waals surface area (Å²) in [4.78, 5) is 0.573. The van der Waals surface area contributed by atoms with Crippen LogP contribution in [0, 0.1) is 5.92 Å². The highest BCUT2D eigenvalue weighted by molar-refractivity contribution is 9.09. The van der Waals surface area contributed by atoms with E-state index in [1.54, 1.807) is 0 Å². The van der Waals surface area contributed by atoms with Crippen molar-refractivity contribution in [2.24, 2.45) is 5.92 Å². The van der Waals surface area contributed by atoms with Crippen molar-refractivity contribution in [3.63, 3.8) is 0 Å². The lowest BCUT2D eigenvalue weighted by molar-refractivity contribution is 0.354. The number of benzene rings is 1. The van der Waals surface area contributed by atoms with E-state index in [0.29, 0.717) is 4.83 Å². The van der Waals surface area contributed by atoms with Crippen LogP contribution >= 0.6 is 15.9 Å². The molecular formula is C13H17Br. The van der Waals surface area contributed by atoms with Gasteiger partial charge in [-0.15, -0.1) is 0 Å². The second kappa shape index (κ2) is 4.97. The molecule has 1 aliphatic rings. The third-order valence-corrected chi connectivity index (χ3v) is 4.46. The SMILES string of the molecule is Br[C@@H](c1ccccc1)C1CCCCC1. The van der Waals surface area contributed by atoms with Crippen molar-refractivity contribution in [3.05, 3.63) is 35.9 Å². The Labute approximate surface area is 94.8 Å². The Hall–Kier alpha value is -0.300. The predicted molar refractivity (Wildman–Crippen MR) is 64.7 cm³/mol. The average molecular weight is 253 g/mol. The lowest BCUT2D eigenvalue weighted by Gasteiger charge is -2.26. The maximum atomic E-state index is 3.85. The van der Waals surface area contributed by atoms with Gasteiger partial charge < -0.3 is 0 Å². The Balaban J connectivity index is 2.03. The van der Waals surface area contributed by atoms with E-state index in [2.05, 4.69) is 46.3 Å². The molecule has 2 rings (SSSR count). The van der Waals surface area contributed by atoms with E-state index < -0.39 is 0 Å². The molecule has 0 N–H and O–H groups in total. The first-order valence-corrected chi connectivity index (χ1v) is 6.48. The first kappa shape index (κ1) is 10.2. The van der Waals surface area contributed by atoms with Crippen LogP contribution in [0.15, 0.2) is 30.3 Å². The van der Waals surface area contributed by atoms with Crippen molar-refractivity contribution in [1.29, 1.82) is 0 Å². The molecule has 14 heavy (non-hydrogen) atoms. The van der Waals surface area contributed by atoms with Crippen LogP contribution < -0.4 is 0 Å². The summed E-state index contributed by atoms with van der Waals surface area (Å²) < 4.78 is 0. The van der Waals surface area contributed by atoms with Crippen molar-refractivity contribution >= 4 is 15.9 Å². The molecule has 1 saturated carbocycles. The van der Waals surface area contributed by atoms with Crippen molar-refractivity contribution in [2.75, 3.05) is 0 Å². The van der Waals surface area contributed by atoms with Crippen LogP contribution in [0.1, 0.15) is 42.5 Å². The van der Waals surface area contributed by atoms with Crippen LogP contribution in [0.3, 0.4) is 0 Å². The minimum atomic E-state index is 0.573. The van der Waals surface area contributed by atoms with E-state index in [1.165, 1.54) is 37.7 Å². The molecule has 76 valence electrons. The van der Waals surface area contributed by atoms with Gasteiger partial charge in [-0.3, -0.25) is 0 Å². The van der Waals surface area contributed by atoms with Crippen LogP contribution in [0.5, 0.6) is 0 Å². The van der Waals surface area contributed by atoms with Gasteiger partial charge in [-0.25, -0.2) is 0 Å². The van der Waals surface area contributed by atoms with Gasteiger partial charge in [0.2, 0.25) is 0 Å². The van der Waals surface area contributed by atoms with Crippen LogP contribution in [-0.2, 0) is 0 Å². The van der Waals surface area contributed by atoms with Crippen molar-refractivity contribution in [1.82, 2.24) is 0 Å². The van der Waals surface area contributed by atoms with Gasteiger partial charge in [0.05, 0.1) is 0 Å². The standard InChI is InChI=1S/C13H17Br/c14-13(11-7-3-1-4-8-11)12-9-5-2-6-10-12/h1,3-4,7-8,12-13H,2,5-6,9-10H2/t13-/m0/s1. The smallest absolute Gasteiger partial charge is 0.0423 e. The number of halogens is 1. The van der Waals surface area contributed by atoms with E-state index in [4.69, 9.17) is 0 Å². The number of alkyl halides is 1. The molecule has 0 heterocycles. The number of rotatable bonds is 2. The topological polar surface area (TPSA) is 0 Å². The van der Waals surface area contributed by atoms with Crippen LogP contribution in [-0.4, -0.2) is 0 Å². The Morgan fingerprint density at radius 2 is 1.64 bits per heavy atom. The first-order chi connectivity index (χ1) is 6.88. The summed E-state index contributed by atoms with van der Waals surface area (Å²) in [5.74, 6) is 0.853. The van der Waals surface area contributed by atoms with Crippen LogP contribution in [0.25, 0.3) is 0 Å². The summed E-state index contributed by atoms with van der Waals surface area (Å²) in [7, 11) is 0. The predicted octanol–water partition coefficient (Wildman–Crippen LogP) is 4.70. The normalized spacial score (nSPS) is 20.6. The van der Waals surface area contributed by atoms with E-state index in [1.807, 2.05) is 0 Å². The van der Waals surface area contributed by atoms with Gasteiger partial charge in [0.15, 0.2) is 0 Å². The minimum Gasteiger partial charge on any atom is -0.0836 e. The maximum absolute atomic E-state index is 3.85. The molecule has 0 aliphatic heterocycles. The van der Waals surface area contributed by atoms with E-state index in [0.717, 1.165) is 5.92 Å². The molecule has 0 radical (unpaired) electrons. The summed E-state index contributed by atoms with van der Waals surface area (Å²) in [6.07, 6.45) is 7.06. The van der Waals surface area contributed by atoms with E-state index >= 15 is 0 Å². The van der Waals surface area contributed by atoms with E-state index in [9.17, 15) is 0 Å². The number of hydrogen-bond acceptors (Lipinski definition) is 0. The molecule has 0 nitrogen and oxygen atoms in total.